The third-order valence-corrected chi connectivity index (χ3v) is 5.07. The van der Waals surface area contributed by atoms with Crippen LogP contribution in [0.25, 0.3) is 5.57 Å². The number of halogens is 1. The Bertz CT molecular complexity index is 812. The number of pyridine rings is 1. The van der Waals surface area contributed by atoms with Gasteiger partial charge in [0.2, 0.25) is 5.91 Å². The van der Waals surface area contributed by atoms with Crippen molar-refractivity contribution in [3.63, 3.8) is 0 Å². The van der Waals surface area contributed by atoms with Crippen molar-refractivity contribution in [3.8, 4) is 6.07 Å². The summed E-state index contributed by atoms with van der Waals surface area (Å²) in [6.45, 7) is 0.978. The Morgan fingerprint density at radius 1 is 1.48 bits per heavy atom. The predicted molar refractivity (Wildman–Crippen MR) is 98.3 cm³/mol. The maximum atomic E-state index is 14.1. The minimum absolute atomic E-state index is 0.00809. The molecule has 0 spiro atoms. The van der Waals surface area contributed by atoms with E-state index in [0.29, 0.717) is 5.56 Å². The first-order valence-corrected chi connectivity index (χ1v) is 9.21. The number of carbonyl (C=O) groups is 2. The highest BCUT2D eigenvalue weighted by molar-refractivity contribution is 6.00. The number of aromatic nitrogens is 1. The van der Waals surface area contributed by atoms with Gasteiger partial charge in [-0.2, -0.15) is 5.26 Å². The van der Waals surface area contributed by atoms with Crippen LogP contribution >= 0.6 is 0 Å². The van der Waals surface area contributed by atoms with Gasteiger partial charge in [0.05, 0.1) is 19.2 Å². The standard InChI is InChI=1S/C20H23FN4O2/c1-20(21)9-15(10-22)25(13-20)18(26)12-24-19(27)16-7-8-23-11-17(16)14-5-3-2-4-6-14/h5,7-8,11,15H,2-4,6,9,12-13H2,1H3,(H,24,27)/t15-,20?/m0/s1. The van der Waals surface area contributed by atoms with E-state index in [1.54, 1.807) is 18.5 Å². The molecule has 0 bridgehead atoms. The molecule has 1 aromatic rings. The van der Waals surface area contributed by atoms with Crippen molar-refractivity contribution in [1.82, 2.24) is 15.2 Å². The van der Waals surface area contributed by atoms with Crippen LogP contribution in [0.4, 0.5) is 4.39 Å². The quantitative estimate of drug-likeness (QED) is 0.883. The molecule has 1 aromatic heterocycles. The molecule has 1 unspecified atom stereocenters. The Kier molecular flexibility index (Phi) is 5.54. The molecule has 6 nitrogen and oxygen atoms in total. The summed E-state index contributed by atoms with van der Waals surface area (Å²) < 4.78 is 14.1. The zero-order valence-electron chi connectivity index (χ0n) is 15.4. The average Bonchev–Trinajstić information content (AvgIpc) is 3.01. The first-order chi connectivity index (χ1) is 12.9. The van der Waals surface area contributed by atoms with E-state index in [-0.39, 0.29) is 25.4 Å². The highest BCUT2D eigenvalue weighted by atomic mass is 19.1. The Morgan fingerprint density at radius 3 is 3.00 bits per heavy atom. The van der Waals surface area contributed by atoms with E-state index >= 15 is 0 Å². The van der Waals surface area contributed by atoms with E-state index in [1.165, 1.54) is 11.8 Å². The number of nitriles is 1. The second kappa shape index (κ2) is 7.87. The number of carbonyl (C=O) groups excluding carboxylic acids is 2. The third kappa shape index (κ3) is 4.33. The Balaban J connectivity index is 1.67. The van der Waals surface area contributed by atoms with Crippen LogP contribution in [-0.2, 0) is 4.79 Å². The molecule has 1 aliphatic carbocycles. The minimum atomic E-state index is -1.58. The zero-order chi connectivity index (χ0) is 19.4. The summed E-state index contributed by atoms with van der Waals surface area (Å²) in [6, 6.07) is 2.80. The average molecular weight is 370 g/mol. The fraction of sp³-hybridized carbons (Fsp3) is 0.500. The number of allylic oxidation sites excluding steroid dienone is 2. The summed E-state index contributed by atoms with van der Waals surface area (Å²) in [5.74, 6) is -0.827. The summed E-state index contributed by atoms with van der Waals surface area (Å²) in [4.78, 5) is 30.4. The number of nitrogens with zero attached hydrogens (tertiary/aromatic N) is 3. The Labute approximate surface area is 158 Å². The van der Waals surface area contributed by atoms with Crippen LogP contribution in [0.2, 0.25) is 0 Å². The fourth-order valence-electron chi connectivity index (χ4n) is 3.70. The van der Waals surface area contributed by atoms with Crippen LogP contribution in [-0.4, -0.2) is 46.5 Å². The first-order valence-electron chi connectivity index (χ1n) is 9.21. The van der Waals surface area contributed by atoms with Crippen molar-refractivity contribution < 1.29 is 14.0 Å². The van der Waals surface area contributed by atoms with E-state index in [0.717, 1.165) is 36.8 Å². The van der Waals surface area contributed by atoms with Gasteiger partial charge < -0.3 is 10.2 Å². The molecule has 2 atom stereocenters. The highest BCUT2D eigenvalue weighted by Gasteiger charge is 2.43. The van der Waals surface area contributed by atoms with Crippen LogP contribution < -0.4 is 5.32 Å². The Hall–Kier alpha value is -2.75. The molecule has 0 aromatic carbocycles. The number of hydrogen-bond acceptors (Lipinski definition) is 4. The van der Waals surface area contributed by atoms with E-state index in [2.05, 4.69) is 16.4 Å². The number of amides is 2. The van der Waals surface area contributed by atoms with Gasteiger partial charge in [-0.3, -0.25) is 14.6 Å². The van der Waals surface area contributed by atoms with Crippen molar-refractivity contribution >= 4 is 17.4 Å². The van der Waals surface area contributed by atoms with Crippen LogP contribution in [0.5, 0.6) is 0 Å². The van der Waals surface area contributed by atoms with Crippen molar-refractivity contribution in [2.75, 3.05) is 13.1 Å². The SMILES string of the molecule is CC1(F)C[C@@H](C#N)N(C(=O)CNC(=O)c2ccncc2C2=CCCCC2)C1. The van der Waals surface area contributed by atoms with Gasteiger partial charge in [-0.1, -0.05) is 6.08 Å². The molecule has 27 heavy (non-hydrogen) atoms. The third-order valence-electron chi connectivity index (χ3n) is 5.07. The molecule has 1 fully saturated rings. The molecule has 2 heterocycles. The first kappa shape index (κ1) is 19.0. The number of likely N-dealkylation sites (tertiary alicyclic amines) is 1. The zero-order valence-corrected chi connectivity index (χ0v) is 15.4. The minimum Gasteiger partial charge on any atom is -0.343 e. The lowest BCUT2D eigenvalue weighted by atomic mass is 9.92. The molecule has 1 aliphatic heterocycles. The summed E-state index contributed by atoms with van der Waals surface area (Å²) in [5.41, 5.74) is 0.781. The van der Waals surface area contributed by atoms with E-state index in [9.17, 15) is 14.0 Å². The lowest BCUT2D eigenvalue weighted by Crippen LogP contribution is -2.43. The number of nitrogens with one attached hydrogen (secondary N) is 1. The van der Waals surface area contributed by atoms with Gasteiger partial charge in [-0.15, -0.1) is 0 Å². The van der Waals surface area contributed by atoms with Crippen LogP contribution in [0.15, 0.2) is 24.5 Å². The molecule has 2 amide bonds. The summed E-state index contributed by atoms with van der Waals surface area (Å²) in [7, 11) is 0. The Morgan fingerprint density at radius 2 is 2.30 bits per heavy atom. The molecule has 1 saturated heterocycles. The molecule has 142 valence electrons. The van der Waals surface area contributed by atoms with Crippen LogP contribution in [0.3, 0.4) is 0 Å². The van der Waals surface area contributed by atoms with Gasteiger partial charge >= 0.3 is 0 Å². The number of rotatable bonds is 4. The van der Waals surface area contributed by atoms with Gasteiger partial charge in [-0.05, 0) is 44.2 Å². The van der Waals surface area contributed by atoms with Crippen LogP contribution in [0.1, 0.15) is 54.9 Å². The van der Waals surface area contributed by atoms with Crippen molar-refractivity contribution in [2.45, 2.75) is 50.7 Å². The van der Waals surface area contributed by atoms with Gasteiger partial charge in [0, 0.05) is 29.9 Å². The van der Waals surface area contributed by atoms with Crippen molar-refractivity contribution in [1.29, 1.82) is 5.26 Å². The molecular weight excluding hydrogens is 347 g/mol. The second-order valence-electron chi connectivity index (χ2n) is 7.36. The van der Waals surface area contributed by atoms with E-state index in [4.69, 9.17) is 5.26 Å². The normalized spacial score (nSPS) is 24.9. The maximum Gasteiger partial charge on any atom is 0.252 e. The molecule has 2 aliphatic rings. The fourth-order valence-corrected chi connectivity index (χ4v) is 3.70. The summed E-state index contributed by atoms with van der Waals surface area (Å²) >= 11 is 0. The largest absolute Gasteiger partial charge is 0.343 e. The highest BCUT2D eigenvalue weighted by Crippen LogP contribution is 2.30. The lowest BCUT2D eigenvalue weighted by molar-refractivity contribution is -0.130. The monoisotopic (exact) mass is 370 g/mol. The van der Waals surface area contributed by atoms with E-state index < -0.39 is 17.6 Å². The number of hydrogen-bond donors (Lipinski definition) is 1. The van der Waals surface area contributed by atoms with Crippen molar-refractivity contribution in [3.05, 3.63) is 35.7 Å². The lowest BCUT2D eigenvalue weighted by Gasteiger charge is -2.20. The molecule has 3 rings (SSSR count). The topological polar surface area (TPSA) is 86.1 Å². The van der Waals surface area contributed by atoms with Gasteiger partial charge in [0.25, 0.3) is 5.91 Å². The van der Waals surface area contributed by atoms with Crippen LogP contribution in [0, 0.1) is 11.3 Å². The molecular formula is C20H23FN4O2. The smallest absolute Gasteiger partial charge is 0.252 e. The molecule has 0 saturated carbocycles. The van der Waals surface area contributed by atoms with Crippen molar-refractivity contribution in [2.24, 2.45) is 0 Å². The molecule has 1 N–H and O–H groups in total. The van der Waals surface area contributed by atoms with Gasteiger partial charge in [0.15, 0.2) is 0 Å². The molecule has 7 heteroatoms. The van der Waals surface area contributed by atoms with Gasteiger partial charge in [0.1, 0.15) is 11.7 Å². The predicted octanol–water partition coefficient (Wildman–Crippen LogP) is 2.62. The van der Waals surface area contributed by atoms with E-state index in [1.807, 2.05) is 6.07 Å². The number of alkyl halides is 1. The summed E-state index contributed by atoms with van der Waals surface area (Å²) in [6.07, 6.45) is 9.45. The van der Waals surface area contributed by atoms with Gasteiger partial charge in [-0.25, -0.2) is 4.39 Å². The maximum absolute atomic E-state index is 14.1. The molecule has 0 radical (unpaired) electrons. The second-order valence-corrected chi connectivity index (χ2v) is 7.36. The summed E-state index contributed by atoms with van der Waals surface area (Å²) in [5, 5.41) is 11.8.